The van der Waals surface area contributed by atoms with Gasteiger partial charge in [-0.3, -0.25) is 14.6 Å². The van der Waals surface area contributed by atoms with Crippen molar-refractivity contribution in [3.63, 3.8) is 0 Å². The number of aryl methyl sites for hydroxylation is 2. The van der Waals surface area contributed by atoms with Crippen LogP contribution in [0.4, 0.5) is 5.13 Å². The lowest BCUT2D eigenvalue weighted by Crippen LogP contribution is -2.43. The van der Waals surface area contributed by atoms with Gasteiger partial charge in [0, 0.05) is 31.7 Å². The molecule has 1 fully saturated rings. The maximum absolute atomic E-state index is 13.6. The summed E-state index contributed by atoms with van der Waals surface area (Å²) < 4.78 is 12.1. The van der Waals surface area contributed by atoms with Crippen molar-refractivity contribution in [1.82, 2.24) is 9.88 Å². The first-order chi connectivity index (χ1) is 15.0. The normalized spacial score (nSPS) is 14.7. The third-order valence-electron chi connectivity index (χ3n) is 5.35. The number of aromatic nitrogens is 1. The molecule has 31 heavy (non-hydrogen) atoms. The minimum Gasteiger partial charge on any atom is -0.494 e. The average molecular weight is 440 g/mol. The number of thiazole rings is 1. The van der Waals surface area contributed by atoms with Gasteiger partial charge in [0.25, 0.3) is 5.91 Å². The molecule has 2 heterocycles. The highest BCUT2D eigenvalue weighted by Crippen LogP contribution is 2.32. The van der Waals surface area contributed by atoms with Crippen molar-refractivity contribution in [2.45, 2.75) is 20.8 Å². The van der Waals surface area contributed by atoms with Crippen molar-refractivity contribution >= 4 is 32.6 Å². The van der Waals surface area contributed by atoms with Crippen molar-refractivity contribution in [2.75, 3.05) is 50.9 Å². The molecule has 7 heteroatoms. The number of anilines is 1. The second-order valence-electron chi connectivity index (χ2n) is 7.85. The first kappa shape index (κ1) is 21.7. The van der Waals surface area contributed by atoms with E-state index in [1.807, 2.05) is 56.0 Å². The van der Waals surface area contributed by atoms with E-state index in [1.165, 1.54) is 11.3 Å². The number of carbonyl (C=O) groups excluding carboxylic acids is 1. The van der Waals surface area contributed by atoms with E-state index in [9.17, 15) is 4.79 Å². The molecule has 0 unspecified atom stereocenters. The molecular weight excluding hydrogens is 410 g/mol. The van der Waals surface area contributed by atoms with E-state index in [-0.39, 0.29) is 5.91 Å². The number of amides is 1. The SMILES string of the molecule is CCOc1ccc2nc(N(CCN3CCOCC3)C(=O)c3cc(C)cc(C)c3)sc2c1. The van der Waals surface area contributed by atoms with E-state index in [1.54, 1.807) is 0 Å². The molecular formula is C24H29N3O3S. The number of fused-ring (bicyclic) bond motifs is 1. The molecule has 1 amide bonds. The summed E-state index contributed by atoms with van der Waals surface area (Å²) in [5.74, 6) is 0.815. The zero-order valence-electron chi connectivity index (χ0n) is 18.4. The molecule has 2 aromatic carbocycles. The monoisotopic (exact) mass is 439 g/mol. The maximum atomic E-state index is 13.6. The molecule has 164 valence electrons. The number of hydrogen-bond donors (Lipinski definition) is 0. The molecule has 0 radical (unpaired) electrons. The van der Waals surface area contributed by atoms with Gasteiger partial charge in [-0.05, 0) is 51.1 Å². The third kappa shape index (κ3) is 5.23. The van der Waals surface area contributed by atoms with E-state index in [4.69, 9.17) is 14.5 Å². The summed E-state index contributed by atoms with van der Waals surface area (Å²) >= 11 is 1.53. The predicted molar refractivity (Wildman–Crippen MR) is 126 cm³/mol. The molecule has 1 aromatic heterocycles. The van der Waals surface area contributed by atoms with Gasteiger partial charge in [-0.25, -0.2) is 4.98 Å². The number of morpholine rings is 1. The Labute approximate surface area is 187 Å². The van der Waals surface area contributed by atoms with Crippen LogP contribution >= 0.6 is 11.3 Å². The summed E-state index contributed by atoms with van der Waals surface area (Å²) in [5, 5.41) is 0.723. The fourth-order valence-corrected chi connectivity index (χ4v) is 4.89. The van der Waals surface area contributed by atoms with E-state index in [0.717, 1.165) is 65.1 Å². The first-order valence-electron chi connectivity index (χ1n) is 10.8. The van der Waals surface area contributed by atoms with E-state index in [0.29, 0.717) is 18.7 Å². The van der Waals surface area contributed by atoms with Gasteiger partial charge >= 0.3 is 0 Å². The molecule has 0 atom stereocenters. The summed E-state index contributed by atoms with van der Waals surface area (Å²) in [4.78, 5) is 22.6. The van der Waals surface area contributed by atoms with Crippen LogP contribution in [-0.2, 0) is 4.74 Å². The largest absolute Gasteiger partial charge is 0.494 e. The lowest BCUT2D eigenvalue weighted by atomic mass is 10.1. The fourth-order valence-electron chi connectivity index (χ4n) is 3.87. The quantitative estimate of drug-likeness (QED) is 0.550. The number of hydrogen-bond acceptors (Lipinski definition) is 6. The molecule has 4 rings (SSSR count). The van der Waals surface area contributed by atoms with Crippen molar-refractivity contribution < 1.29 is 14.3 Å². The number of carbonyl (C=O) groups is 1. The first-order valence-corrected chi connectivity index (χ1v) is 11.6. The van der Waals surface area contributed by atoms with Crippen molar-refractivity contribution in [2.24, 2.45) is 0 Å². The van der Waals surface area contributed by atoms with Crippen LogP contribution in [0, 0.1) is 13.8 Å². The second-order valence-corrected chi connectivity index (χ2v) is 8.86. The fraction of sp³-hybridized carbons (Fsp3) is 0.417. The molecule has 6 nitrogen and oxygen atoms in total. The molecule has 1 aliphatic rings. The van der Waals surface area contributed by atoms with Gasteiger partial charge in [0.05, 0.1) is 30.0 Å². The highest BCUT2D eigenvalue weighted by atomic mass is 32.1. The number of ether oxygens (including phenoxy) is 2. The Hall–Kier alpha value is -2.48. The van der Waals surface area contributed by atoms with E-state index < -0.39 is 0 Å². The molecule has 0 bridgehead atoms. The number of benzene rings is 2. The van der Waals surface area contributed by atoms with Crippen LogP contribution in [0.25, 0.3) is 10.2 Å². The van der Waals surface area contributed by atoms with Gasteiger partial charge in [0.2, 0.25) is 0 Å². The van der Waals surface area contributed by atoms with Crippen LogP contribution in [0.15, 0.2) is 36.4 Å². The maximum Gasteiger partial charge on any atom is 0.260 e. The van der Waals surface area contributed by atoms with Gasteiger partial charge in [0.1, 0.15) is 5.75 Å². The van der Waals surface area contributed by atoms with Crippen molar-refractivity contribution in [1.29, 1.82) is 0 Å². The van der Waals surface area contributed by atoms with Gasteiger partial charge in [-0.15, -0.1) is 0 Å². The lowest BCUT2D eigenvalue weighted by Gasteiger charge is -2.29. The molecule has 1 aliphatic heterocycles. The van der Waals surface area contributed by atoms with Crippen LogP contribution in [0.5, 0.6) is 5.75 Å². The predicted octanol–water partition coefficient (Wildman–Crippen LogP) is 4.29. The van der Waals surface area contributed by atoms with Crippen molar-refractivity contribution in [3.05, 3.63) is 53.1 Å². The van der Waals surface area contributed by atoms with E-state index in [2.05, 4.69) is 11.0 Å². The second kappa shape index (κ2) is 9.77. The summed E-state index contributed by atoms with van der Waals surface area (Å²) in [6.45, 7) is 11.3. The van der Waals surface area contributed by atoms with Crippen LogP contribution in [0.3, 0.4) is 0 Å². The Morgan fingerprint density at radius 2 is 1.90 bits per heavy atom. The summed E-state index contributed by atoms with van der Waals surface area (Å²) in [6.07, 6.45) is 0. The van der Waals surface area contributed by atoms with Crippen molar-refractivity contribution in [3.8, 4) is 5.75 Å². The minimum atomic E-state index is -0.0100. The average Bonchev–Trinajstić information content (AvgIpc) is 3.17. The Bertz CT molecular complexity index is 1040. The standard InChI is InChI=1S/C24H29N3O3S/c1-4-30-20-5-6-21-22(16-20)31-24(25-21)27(8-7-26-9-11-29-12-10-26)23(28)19-14-17(2)13-18(3)15-19/h5-6,13-16H,4,7-12H2,1-3H3. The molecule has 0 saturated carbocycles. The third-order valence-corrected chi connectivity index (χ3v) is 6.39. The van der Waals surface area contributed by atoms with Gasteiger partial charge in [0.15, 0.2) is 5.13 Å². The molecule has 1 saturated heterocycles. The highest BCUT2D eigenvalue weighted by Gasteiger charge is 2.23. The smallest absolute Gasteiger partial charge is 0.260 e. The van der Waals surface area contributed by atoms with Crippen LogP contribution < -0.4 is 9.64 Å². The zero-order valence-corrected chi connectivity index (χ0v) is 19.2. The van der Waals surface area contributed by atoms with Crippen LogP contribution in [0.1, 0.15) is 28.4 Å². The summed E-state index contributed by atoms with van der Waals surface area (Å²) in [5.41, 5.74) is 3.76. The number of rotatable bonds is 7. The molecule has 0 spiro atoms. The minimum absolute atomic E-state index is 0.0100. The summed E-state index contributed by atoms with van der Waals surface area (Å²) in [6, 6.07) is 11.9. The summed E-state index contributed by atoms with van der Waals surface area (Å²) in [7, 11) is 0. The Morgan fingerprint density at radius 3 is 2.61 bits per heavy atom. The molecule has 3 aromatic rings. The molecule has 0 N–H and O–H groups in total. The topological polar surface area (TPSA) is 54.9 Å². The van der Waals surface area contributed by atoms with Gasteiger partial charge in [-0.2, -0.15) is 0 Å². The Kier molecular flexibility index (Phi) is 6.85. The lowest BCUT2D eigenvalue weighted by molar-refractivity contribution is 0.0391. The Morgan fingerprint density at radius 1 is 1.16 bits per heavy atom. The van der Waals surface area contributed by atoms with E-state index >= 15 is 0 Å². The molecule has 0 aliphatic carbocycles. The van der Waals surface area contributed by atoms with Crippen LogP contribution in [-0.4, -0.2) is 61.8 Å². The highest BCUT2D eigenvalue weighted by molar-refractivity contribution is 7.22. The van der Waals surface area contributed by atoms with Gasteiger partial charge in [-0.1, -0.05) is 28.5 Å². The van der Waals surface area contributed by atoms with Gasteiger partial charge < -0.3 is 9.47 Å². The Balaban J connectivity index is 1.65. The number of nitrogens with zero attached hydrogens (tertiary/aromatic N) is 3. The zero-order chi connectivity index (χ0) is 21.8. The van der Waals surface area contributed by atoms with Crippen LogP contribution in [0.2, 0.25) is 0 Å².